The van der Waals surface area contributed by atoms with Crippen molar-refractivity contribution in [2.24, 2.45) is 11.3 Å². The van der Waals surface area contributed by atoms with Crippen LogP contribution in [0, 0.1) is 34.3 Å². The maximum atomic E-state index is 13.8. The van der Waals surface area contributed by atoms with Gasteiger partial charge in [-0.1, -0.05) is 12.5 Å². The Balaban J connectivity index is 1.39. The normalized spacial score (nSPS) is 24.9. The van der Waals surface area contributed by atoms with Gasteiger partial charge < -0.3 is 10.2 Å². The van der Waals surface area contributed by atoms with Gasteiger partial charge in [0.1, 0.15) is 17.2 Å². The molecule has 1 saturated heterocycles. The summed E-state index contributed by atoms with van der Waals surface area (Å²) in [6.45, 7) is -0.0985. The number of hydrogen-bond donors (Lipinski definition) is 1. The molecule has 4 rings (SSSR count). The summed E-state index contributed by atoms with van der Waals surface area (Å²) < 4.78 is 27.7. The maximum Gasteiger partial charge on any atom is 0.226 e. The molecule has 3 aliphatic rings. The monoisotopic (exact) mass is 373 g/mol. The molecule has 2 saturated carbocycles. The molecular weight excluding hydrogens is 352 g/mol. The largest absolute Gasteiger partial charge is 0.337 e. The second-order valence-electron chi connectivity index (χ2n) is 8.27. The van der Waals surface area contributed by atoms with Gasteiger partial charge in [-0.25, -0.2) is 8.78 Å². The Morgan fingerprint density at radius 3 is 2.52 bits per heavy atom. The van der Waals surface area contributed by atoms with Crippen LogP contribution in [0.1, 0.15) is 44.1 Å². The number of rotatable bonds is 4. The zero-order valence-electron chi connectivity index (χ0n) is 14.9. The lowest BCUT2D eigenvalue weighted by molar-refractivity contribution is -0.132. The molecule has 1 N–H and O–H groups in total. The number of amides is 2. The molecule has 0 bridgehead atoms. The van der Waals surface area contributed by atoms with E-state index in [0.29, 0.717) is 12.8 Å². The minimum atomic E-state index is -0.828. The highest BCUT2D eigenvalue weighted by molar-refractivity contribution is 5.89. The van der Waals surface area contributed by atoms with Gasteiger partial charge in [0.2, 0.25) is 11.8 Å². The Morgan fingerprint density at radius 1 is 1.30 bits per heavy atom. The summed E-state index contributed by atoms with van der Waals surface area (Å²) in [7, 11) is 0. The van der Waals surface area contributed by atoms with Crippen molar-refractivity contribution < 1.29 is 18.4 Å². The minimum Gasteiger partial charge on any atom is -0.337 e. The number of nitrogens with one attached hydrogen (secondary N) is 1. The van der Waals surface area contributed by atoms with Gasteiger partial charge in [0, 0.05) is 18.5 Å². The number of likely N-dealkylation sites (tertiary alicyclic amines) is 1. The van der Waals surface area contributed by atoms with E-state index in [0.717, 1.165) is 25.0 Å². The molecule has 0 radical (unpaired) electrons. The van der Waals surface area contributed by atoms with E-state index in [9.17, 15) is 23.6 Å². The molecule has 0 aromatic heterocycles. The molecule has 142 valence electrons. The van der Waals surface area contributed by atoms with Crippen molar-refractivity contribution in [2.75, 3.05) is 6.54 Å². The molecule has 1 aromatic carbocycles. The van der Waals surface area contributed by atoms with Crippen molar-refractivity contribution in [3.05, 3.63) is 35.4 Å². The van der Waals surface area contributed by atoms with Crippen LogP contribution in [-0.2, 0) is 16.1 Å². The van der Waals surface area contributed by atoms with E-state index in [1.165, 1.54) is 17.4 Å². The summed E-state index contributed by atoms with van der Waals surface area (Å²) in [4.78, 5) is 26.2. The lowest BCUT2D eigenvalue weighted by Crippen LogP contribution is -2.64. The molecule has 7 heteroatoms. The zero-order chi connectivity index (χ0) is 19.2. The van der Waals surface area contributed by atoms with E-state index in [1.54, 1.807) is 0 Å². The number of carbonyl (C=O) groups is 2. The molecule has 27 heavy (non-hydrogen) atoms. The van der Waals surface area contributed by atoms with Gasteiger partial charge >= 0.3 is 0 Å². The number of nitrogens with zero attached hydrogens (tertiary/aromatic N) is 2. The second kappa shape index (κ2) is 6.29. The maximum absolute atomic E-state index is 13.8. The lowest BCUT2D eigenvalue weighted by atomic mass is 9.49. The highest BCUT2D eigenvalue weighted by atomic mass is 19.1. The Hall–Kier alpha value is -2.49. The van der Waals surface area contributed by atoms with E-state index in [1.807, 2.05) is 0 Å². The first kappa shape index (κ1) is 17.9. The van der Waals surface area contributed by atoms with Crippen LogP contribution >= 0.6 is 0 Å². The smallest absolute Gasteiger partial charge is 0.226 e. The van der Waals surface area contributed by atoms with Crippen LogP contribution in [0.2, 0.25) is 0 Å². The lowest BCUT2D eigenvalue weighted by Gasteiger charge is -2.58. The third-order valence-electron chi connectivity index (χ3n) is 6.34. The van der Waals surface area contributed by atoms with Gasteiger partial charge in [-0.2, -0.15) is 5.26 Å². The van der Waals surface area contributed by atoms with Gasteiger partial charge in [0.25, 0.3) is 0 Å². The molecule has 1 spiro atoms. The number of benzene rings is 1. The highest BCUT2D eigenvalue weighted by Crippen LogP contribution is 2.60. The summed E-state index contributed by atoms with van der Waals surface area (Å²) in [6, 6.07) is 5.80. The molecule has 1 heterocycles. The van der Waals surface area contributed by atoms with Crippen LogP contribution in [0.3, 0.4) is 0 Å². The fourth-order valence-electron chi connectivity index (χ4n) is 4.77. The van der Waals surface area contributed by atoms with Crippen molar-refractivity contribution in [1.29, 1.82) is 5.26 Å². The van der Waals surface area contributed by atoms with E-state index in [2.05, 4.69) is 11.4 Å². The Bertz CT molecular complexity index is 816. The second-order valence-corrected chi connectivity index (χ2v) is 8.27. The predicted molar refractivity (Wildman–Crippen MR) is 91.9 cm³/mol. The first-order valence-electron chi connectivity index (χ1n) is 9.29. The summed E-state index contributed by atoms with van der Waals surface area (Å²) in [6.07, 6.45) is 4.73. The molecule has 3 fully saturated rings. The third kappa shape index (κ3) is 3.07. The van der Waals surface area contributed by atoms with Crippen molar-refractivity contribution in [3.8, 4) is 6.07 Å². The van der Waals surface area contributed by atoms with Crippen molar-refractivity contribution >= 4 is 11.8 Å². The van der Waals surface area contributed by atoms with Crippen LogP contribution < -0.4 is 5.32 Å². The highest BCUT2D eigenvalue weighted by Gasteiger charge is 2.58. The summed E-state index contributed by atoms with van der Waals surface area (Å²) in [5.74, 6) is -2.65. The third-order valence-corrected chi connectivity index (χ3v) is 6.34. The molecular formula is C20H21F2N3O2. The van der Waals surface area contributed by atoms with E-state index >= 15 is 0 Å². The number of carbonyl (C=O) groups excluding carboxylic acids is 2. The average Bonchev–Trinajstić information content (AvgIpc) is 2.93. The predicted octanol–water partition coefficient (Wildman–Crippen LogP) is 2.66. The molecule has 2 aliphatic carbocycles. The van der Waals surface area contributed by atoms with Crippen LogP contribution in [0.5, 0.6) is 0 Å². The molecule has 1 aliphatic heterocycles. The minimum absolute atomic E-state index is 0.00540. The zero-order valence-corrected chi connectivity index (χ0v) is 14.9. The van der Waals surface area contributed by atoms with Crippen LogP contribution in [0.4, 0.5) is 8.78 Å². The fourth-order valence-corrected chi connectivity index (χ4v) is 4.77. The van der Waals surface area contributed by atoms with Gasteiger partial charge in [-0.3, -0.25) is 9.59 Å². The fraction of sp³-hybridized carbons (Fsp3) is 0.550. The van der Waals surface area contributed by atoms with Gasteiger partial charge in [-0.15, -0.1) is 0 Å². The van der Waals surface area contributed by atoms with E-state index in [-0.39, 0.29) is 42.3 Å². The van der Waals surface area contributed by atoms with Gasteiger partial charge in [-0.05, 0) is 43.2 Å². The van der Waals surface area contributed by atoms with Gasteiger partial charge in [0.05, 0.1) is 18.5 Å². The average molecular weight is 373 g/mol. The molecule has 1 unspecified atom stereocenters. The Morgan fingerprint density at radius 2 is 1.96 bits per heavy atom. The molecule has 1 atom stereocenters. The summed E-state index contributed by atoms with van der Waals surface area (Å²) in [5.41, 5.74) is -0.777. The SMILES string of the molecule is N#CC1(NC(=O)C2CC(=O)N(Cc3c(F)cccc3F)C2)CC2(CCC2)C1. The van der Waals surface area contributed by atoms with E-state index < -0.39 is 23.1 Å². The van der Waals surface area contributed by atoms with Crippen molar-refractivity contribution in [1.82, 2.24) is 10.2 Å². The summed E-state index contributed by atoms with van der Waals surface area (Å²) >= 11 is 0. The Kier molecular flexibility index (Phi) is 4.17. The van der Waals surface area contributed by atoms with Crippen molar-refractivity contribution in [2.45, 2.75) is 50.6 Å². The van der Waals surface area contributed by atoms with Crippen LogP contribution in [0.15, 0.2) is 18.2 Å². The number of hydrogen-bond acceptors (Lipinski definition) is 3. The standard InChI is InChI=1S/C20H21F2N3O2/c21-15-3-1-4-16(22)14(15)9-25-8-13(7-17(25)26)18(27)24-20(12-23)10-19(11-20)5-2-6-19/h1,3-4,13H,2,5-11H2,(H,24,27). The van der Waals surface area contributed by atoms with E-state index in [4.69, 9.17) is 0 Å². The quantitative estimate of drug-likeness (QED) is 0.882. The number of nitriles is 1. The molecule has 2 amide bonds. The van der Waals surface area contributed by atoms with Crippen LogP contribution in [-0.4, -0.2) is 28.8 Å². The Labute approximate surface area is 156 Å². The molecule has 5 nitrogen and oxygen atoms in total. The molecule has 1 aromatic rings. The summed E-state index contributed by atoms with van der Waals surface area (Å²) in [5, 5.41) is 12.4. The first-order valence-corrected chi connectivity index (χ1v) is 9.29. The number of halogens is 2. The first-order chi connectivity index (χ1) is 12.9. The van der Waals surface area contributed by atoms with Crippen LogP contribution in [0.25, 0.3) is 0 Å². The van der Waals surface area contributed by atoms with Gasteiger partial charge in [0.15, 0.2) is 0 Å². The topological polar surface area (TPSA) is 73.2 Å². The van der Waals surface area contributed by atoms with Crippen molar-refractivity contribution in [3.63, 3.8) is 0 Å².